The van der Waals surface area contributed by atoms with Gasteiger partial charge in [0.15, 0.2) is 0 Å². The van der Waals surface area contributed by atoms with E-state index in [1.807, 2.05) is 0 Å². The standard InChI is InChI=1S/C22H26N2O/c25-23-21-19-11-12-20(15-19)22(21)24(16-18-9-5-2-6-10-18)14-13-17-7-3-1-4-8-17/h1-10,19-20,22,25H,11-16H2/b23-21-/t19-,20-,22+/m0/s1. The smallest absolute Gasteiger partial charge is 0.0775 e. The molecule has 0 saturated heterocycles. The predicted octanol–water partition coefficient (Wildman–Crippen LogP) is 4.36. The van der Waals surface area contributed by atoms with Crippen molar-refractivity contribution in [2.45, 2.75) is 38.3 Å². The maximum Gasteiger partial charge on any atom is 0.0775 e. The Balaban J connectivity index is 1.55. The molecule has 2 aliphatic carbocycles. The zero-order chi connectivity index (χ0) is 17.1. The second-order valence-electron chi connectivity index (χ2n) is 7.43. The van der Waals surface area contributed by atoms with Gasteiger partial charge in [0.25, 0.3) is 0 Å². The van der Waals surface area contributed by atoms with Crippen molar-refractivity contribution in [1.82, 2.24) is 4.90 Å². The molecule has 2 aromatic carbocycles. The largest absolute Gasteiger partial charge is 0.411 e. The first-order chi connectivity index (χ1) is 12.3. The topological polar surface area (TPSA) is 35.8 Å². The van der Waals surface area contributed by atoms with Crippen LogP contribution < -0.4 is 0 Å². The van der Waals surface area contributed by atoms with Crippen LogP contribution in [0, 0.1) is 11.8 Å². The molecule has 0 spiro atoms. The molecule has 0 aromatic heterocycles. The average Bonchev–Trinajstić information content (AvgIpc) is 3.28. The summed E-state index contributed by atoms with van der Waals surface area (Å²) in [5.41, 5.74) is 3.72. The quantitative estimate of drug-likeness (QED) is 0.629. The van der Waals surface area contributed by atoms with E-state index in [4.69, 9.17) is 0 Å². The molecule has 4 rings (SSSR count). The summed E-state index contributed by atoms with van der Waals surface area (Å²) in [6.45, 7) is 1.91. The van der Waals surface area contributed by atoms with Crippen LogP contribution in [0.25, 0.3) is 0 Å². The minimum absolute atomic E-state index is 0.299. The summed E-state index contributed by atoms with van der Waals surface area (Å²) < 4.78 is 0. The molecule has 130 valence electrons. The van der Waals surface area contributed by atoms with Crippen LogP contribution in [0.5, 0.6) is 0 Å². The van der Waals surface area contributed by atoms with E-state index in [9.17, 15) is 5.21 Å². The van der Waals surface area contributed by atoms with Gasteiger partial charge in [-0.15, -0.1) is 0 Å². The van der Waals surface area contributed by atoms with E-state index >= 15 is 0 Å². The van der Waals surface area contributed by atoms with E-state index in [0.717, 1.165) is 25.2 Å². The van der Waals surface area contributed by atoms with Crippen molar-refractivity contribution in [3.05, 3.63) is 71.8 Å². The summed E-state index contributed by atoms with van der Waals surface area (Å²) >= 11 is 0. The number of benzene rings is 2. The Morgan fingerprint density at radius 1 is 0.920 bits per heavy atom. The molecule has 0 unspecified atom stereocenters. The lowest BCUT2D eigenvalue weighted by Crippen LogP contribution is -2.45. The summed E-state index contributed by atoms with van der Waals surface area (Å²) in [6.07, 6.45) is 4.68. The Labute approximate surface area is 150 Å². The fraction of sp³-hybridized carbons (Fsp3) is 0.409. The Morgan fingerprint density at radius 2 is 1.60 bits per heavy atom. The van der Waals surface area contributed by atoms with Crippen LogP contribution in [-0.4, -0.2) is 28.4 Å². The van der Waals surface area contributed by atoms with E-state index in [2.05, 4.69) is 70.7 Å². The van der Waals surface area contributed by atoms with Gasteiger partial charge in [-0.3, -0.25) is 4.90 Å². The van der Waals surface area contributed by atoms with Crippen LogP contribution in [0.3, 0.4) is 0 Å². The highest BCUT2D eigenvalue weighted by molar-refractivity contribution is 5.94. The maximum atomic E-state index is 9.62. The molecule has 0 aliphatic heterocycles. The molecular weight excluding hydrogens is 308 g/mol. The van der Waals surface area contributed by atoms with Crippen LogP contribution in [0.15, 0.2) is 65.8 Å². The number of hydrogen-bond donors (Lipinski definition) is 1. The number of rotatable bonds is 6. The molecule has 0 heterocycles. The normalized spacial score (nSPS) is 26.6. The van der Waals surface area contributed by atoms with Crippen LogP contribution in [0.1, 0.15) is 30.4 Å². The Kier molecular flexibility index (Phi) is 4.84. The zero-order valence-electron chi connectivity index (χ0n) is 14.6. The number of nitrogens with zero attached hydrogens (tertiary/aromatic N) is 2. The molecule has 2 saturated carbocycles. The molecule has 25 heavy (non-hydrogen) atoms. The van der Waals surface area contributed by atoms with E-state index in [1.165, 1.54) is 30.4 Å². The molecular formula is C22H26N2O. The van der Waals surface area contributed by atoms with Crippen molar-refractivity contribution < 1.29 is 5.21 Å². The van der Waals surface area contributed by atoms with Crippen molar-refractivity contribution in [3.8, 4) is 0 Å². The first-order valence-corrected chi connectivity index (χ1v) is 9.39. The number of fused-ring (bicyclic) bond motifs is 2. The van der Waals surface area contributed by atoms with Gasteiger partial charge in [-0.05, 0) is 42.7 Å². The van der Waals surface area contributed by atoms with Crippen LogP contribution >= 0.6 is 0 Å². The third kappa shape index (κ3) is 3.47. The highest BCUT2D eigenvalue weighted by Gasteiger charge is 2.47. The van der Waals surface area contributed by atoms with Crippen molar-refractivity contribution in [2.24, 2.45) is 17.0 Å². The summed E-state index contributed by atoms with van der Waals surface area (Å²) in [4.78, 5) is 2.54. The Hall–Kier alpha value is -2.13. The van der Waals surface area contributed by atoms with Crippen molar-refractivity contribution in [1.29, 1.82) is 0 Å². The van der Waals surface area contributed by atoms with Gasteiger partial charge in [0.2, 0.25) is 0 Å². The minimum atomic E-state index is 0.299. The molecule has 2 fully saturated rings. The lowest BCUT2D eigenvalue weighted by Gasteiger charge is -2.35. The van der Waals surface area contributed by atoms with Crippen LogP contribution in [0.2, 0.25) is 0 Å². The summed E-state index contributed by atoms with van der Waals surface area (Å²) in [5, 5.41) is 13.4. The molecule has 0 amide bonds. The molecule has 2 aliphatic rings. The third-order valence-electron chi connectivity index (χ3n) is 5.91. The highest BCUT2D eigenvalue weighted by Crippen LogP contribution is 2.45. The molecule has 0 radical (unpaired) electrons. The fourth-order valence-electron chi connectivity index (χ4n) is 4.73. The van der Waals surface area contributed by atoms with Gasteiger partial charge < -0.3 is 5.21 Å². The number of hydrogen-bond acceptors (Lipinski definition) is 3. The van der Waals surface area contributed by atoms with Crippen LogP contribution in [0.4, 0.5) is 0 Å². The van der Waals surface area contributed by atoms with E-state index < -0.39 is 0 Å². The first kappa shape index (κ1) is 16.3. The van der Waals surface area contributed by atoms with Gasteiger partial charge in [-0.25, -0.2) is 0 Å². The lowest BCUT2D eigenvalue weighted by molar-refractivity contribution is 0.185. The molecule has 2 aromatic rings. The van der Waals surface area contributed by atoms with Crippen molar-refractivity contribution >= 4 is 5.71 Å². The third-order valence-corrected chi connectivity index (χ3v) is 5.91. The molecule has 2 bridgehead atoms. The minimum Gasteiger partial charge on any atom is -0.411 e. The summed E-state index contributed by atoms with van der Waals surface area (Å²) in [5.74, 6) is 1.14. The molecule has 1 N–H and O–H groups in total. The van der Waals surface area contributed by atoms with Crippen LogP contribution in [-0.2, 0) is 13.0 Å². The van der Waals surface area contributed by atoms with Gasteiger partial charge in [-0.1, -0.05) is 65.8 Å². The summed E-state index contributed by atoms with van der Waals surface area (Å²) in [6, 6.07) is 21.6. The first-order valence-electron chi connectivity index (χ1n) is 9.39. The molecule has 3 nitrogen and oxygen atoms in total. The average molecular weight is 334 g/mol. The van der Waals surface area contributed by atoms with Gasteiger partial charge in [0.1, 0.15) is 0 Å². The van der Waals surface area contributed by atoms with E-state index in [1.54, 1.807) is 0 Å². The Bertz CT molecular complexity index is 713. The molecule has 3 atom stereocenters. The van der Waals surface area contributed by atoms with Gasteiger partial charge in [0.05, 0.1) is 11.8 Å². The van der Waals surface area contributed by atoms with E-state index in [0.29, 0.717) is 17.9 Å². The zero-order valence-corrected chi connectivity index (χ0v) is 14.6. The second-order valence-corrected chi connectivity index (χ2v) is 7.43. The number of oxime groups is 1. The van der Waals surface area contributed by atoms with E-state index in [-0.39, 0.29) is 0 Å². The van der Waals surface area contributed by atoms with Gasteiger partial charge >= 0.3 is 0 Å². The predicted molar refractivity (Wildman–Crippen MR) is 101 cm³/mol. The monoisotopic (exact) mass is 334 g/mol. The maximum absolute atomic E-state index is 9.62. The van der Waals surface area contributed by atoms with Crippen molar-refractivity contribution in [2.75, 3.05) is 6.54 Å². The molecule has 3 heteroatoms. The van der Waals surface area contributed by atoms with Gasteiger partial charge in [0, 0.05) is 19.0 Å². The highest BCUT2D eigenvalue weighted by atomic mass is 16.4. The lowest BCUT2D eigenvalue weighted by atomic mass is 9.91. The van der Waals surface area contributed by atoms with Crippen molar-refractivity contribution in [3.63, 3.8) is 0 Å². The summed E-state index contributed by atoms with van der Waals surface area (Å²) in [7, 11) is 0. The second kappa shape index (κ2) is 7.40. The SMILES string of the molecule is O/N=C1/[C@H]2CC[C@@H](C2)[C@H]1N(CCc1ccccc1)Cc1ccccc1. The van der Waals surface area contributed by atoms with Gasteiger partial charge in [-0.2, -0.15) is 0 Å². The Morgan fingerprint density at radius 3 is 2.28 bits per heavy atom. The fourth-order valence-corrected chi connectivity index (χ4v) is 4.73.